The molecule has 17 heavy (non-hydrogen) atoms. The Morgan fingerprint density at radius 2 is 2.29 bits per heavy atom. The minimum atomic E-state index is -0.794. The molecule has 0 bridgehead atoms. The van der Waals surface area contributed by atoms with Crippen molar-refractivity contribution in [3.8, 4) is 6.07 Å². The zero-order chi connectivity index (χ0) is 12.3. The van der Waals surface area contributed by atoms with E-state index in [-0.39, 0.29) is 5.91 Å². The summed E-state index contributed by atoms with van der Waals surface area (Å²) >= 11 is 0. The van der Waals surface area contributed by atoms with E-state index < -0.39 is 5.41 Å². The first-order chi connectivity index (χ1) is 8.16. The van der Waals surface area contributed by atoms with Crippen LogP contribution in [0.15, 0.2) is 12.4 Å². The van der Waals surface area contributed by atoms with Crippen LogP contribution in [0.5, 0.6) is 0 Å². The number of aryl methyl sites for hydroxylation is 1. The summed E-state index contributed by atoms with van der Waals surface area (Å²) in [5.41, 5.74) is 0.752. The van der Waals surface area contributed by atoms with Crippen molar-refractivity contribution in [1.82, 2.24) is 15.3 Å². The first-order valence-corrected chi connectivity index (χ1v) is 5.63. The molecule has 0 aliphatic heterocycles. The molecule has 1 aliphatic carbocycles. The summed E-state index contributed by atoms with van der Waals surface area (Å²) in [6.45, 7) is 2.18. The zero-order valence-corrected chi connectivity index (χ0v) is 9.73. The standard InChI is InChI=1S/C12H14N4O/c1-9-5-15-10(6-14-9)7-16-11(17)12(8-13)3-2-4-12/h5-6H,2-4,7H2,1H3,(H,16,17). The van der Waals surface area contributed by atoms with Gasteiger partial charge < -0.3 is 5.32 Å². The number of aromatic nitrogens is 2. The topological polar surface area (TPSA) is 78.7 Å². The quantitative estimate of drug-likeness (QED) is 0.843. The van der Waals surface area contributed by atoms with Crippen molar-refractivity contribution in [1.29, 1.82) is 5.26 Å². The van der Waals surface area contributed by atoms with E-state index in [1.807, 2.05) is 6.92 Å². The van der Waals surface area contributed by atoms with Gasteiger partial charge in [0.15, 0.2) is 0 Å². The molecule has 1 saturated carbocycles. The molecule has 5 nitrogen and oxygen atoms in total. The lowest BCUT2D eigenvalue weighted by molar-refractivity contribution is -0.131. The van der Waals surface area contributed by atoms with Gasteiger partial charge >= 0.3 is 0 Å². The van der Waals surface area contributed by atoms with Crippen LogP contribution >= 0.6 is 0 Å². The lowest BCUT2D eigenvalue weighted by Gasteiger charge is -2.33. The predicted molar refractivity (Wildman–Crippen MR) is 60.5 cm³/mol. The Morgan fingerprint density at radius 1 is 1.53 bits per heavy atom. The number of nitrogens with zero attached hydrogens (tertiary/aromatic N) is 3. The van der Waals surface area contributed by atoms with Crippen LogP contribution < -0.4 is 5.32 Å². The second-order valence-electron chi connectivity index (χ2n) is 4.38. The fraction of sp³-hybridized carbons (Fsp3) is 0.500. The van der Waals surface area contributed by atoms with Crippen LogP contribution in [-0.4, -0.2) is 15.9 Å². The lowest BCUT2D eigenvalue weighted by Crippen LogP contribution is -2.44. The van der Waals surface area contributed by atoms with Crippen molar-refractivity contribution in [2.45, 2.75) is 32.7 Å². The van der Waals surface area contributed by atoms with Gasteiger partial charge in [-0.15, -0.1) is 0 Å². The zero-order valence-electron chi connectivity index (χ0n) is 9.73. The molecule has 2 rings (SSSR count). The van der Waals surface area contributed by atoms with Gasteiger partial charge in [0.25, 0.3) is 0 Å². The Hall–Kier alpha value is -1.96. The normalized spacial score (nSPS) is 16.7. The Labute approximate surface area is 99.9 Å². The fourth-order valence-electron chi connectivity index (χ4n) is 1.77. The number of rotatable bonds is 3. The van der Waals surface area contributed by atoms with Gasteiger partial charge in [0.2, 0.25) is 5.91 Å². The van der Waals surface area contributed by atoms with Crippen LogP contribution in [0, 0.1) is 23.7 Å². The summed E-state index contributed by atoms with van der Waals surface area (Å²) in [5.74, 6) is -0.186. The molecule has 0 spiro atoms. The van der Waals surface area contributed by atoms with E-state index in [9.17, 15) is 4.79 Å². The van der Waals surface area contributed by atoms with Crippen molar-refractivity contribution in [3.05, 3.63) is 23.8 Å². The number of carbonyl (C=O) groups is 1. The summed E-state index contributed by atoms with van der Waals surface area (Å²) < 4.78 is 0. The number of nitrogens with one attached hydrogen (secondary N) is 1. The van der Waals surface area contributed by atoms with E-state index in [1.54, 1.807) is 12.4 Å². The molecule has 1 N–H and O–H groups in total. The van der Waals surface area contributed by atoms with Crippen LogP contribution in [0.25, 0.3) is 0 Å². The maximum absolute atomic E-state index is 11.8. The second-order valence-corrected chi connectivity index (χ2v) is 4.38. The highest BCUT2D eigenvalue weighted by Gasteiger charge is 2.44. The molecule has 0 aromatic carbocycles. The maximum atomic E-state index is 11.8. The van der Waals surface area contributed by atoms with Crippen molar-refractivity contribution in [2.24, 2.45) is 5.41 Å². The average Bonchev–Trinajstić information content (AvgIpc) is 2.27. The van der Waals surface area contributed by atoms with E-state index >= 15 is 0 Å². The molecule has 1 heterocycles. The fourth-order valence-corrected chi connectivity index (χ4v) is 1.77. The number of hydrogen-bond donors (Lipinski definition) is 1. The van der Waals surface area contributed by atoms with Crippen LogP contribution in [-0.2, 0) is 11.3 Å². The van der Waals surface area contributed by atoms with Crippen LogP contribution in [0.4, 0.5) is 0 Å². The van der Waals surface area contributed by atoms with Crippen molar-refractivity contribution >= 4 is 5.91 Å². The highest BCUT2D eigenvalue weighted by Crippen LogP contribution is 2.40. The summed E-state index contributed by atoms with van der Waals surface area (Å²) in [7, 11) is 0. The monoisotopic (exact) mass is 230 g/mol. The third-order valence-electron chi connectivity index (χ3n) is 3.12. The molecule has 0 unspecified atom stereocenters. The first kappa shape index (κ1) is 11.5. The third kappa shape index (κ3) is 2.26. The summed E-state index contributed by atoms with van der Waals surface area (Å²) in [4.78, 5) is 20.1. The molecular weight excluding hydrogens is 216 g/mol. The molecule has 1 aliphatic rings. The number of carbonyl (C=O) groups excluding carboxylic acids is 1. The van der Waals surface area contributed by atoms with Gasteiger partial charge in [0, 0.05) is 6.20 Å². The molecule has 5 heteroatoms. The van der Waals surface area contributed by atoms with E-state index in [1.165, 1.54) is 0 Å². The Bertz CT molecular complexity index is 456. The van der Waals surface area contributed by atoms with Crippen LogP contribution in [0.1, 0.15) is 30.7 Å². The molecule has 1 aromatic rings. The SMILES string of the molecule is Cc1cnc(CNC(=O)C2(C#N)CCC2)cn1. The Morgan fingerprint density at radius 3 is 2.76 bits per heavy atom. The number of amides is 1. The summed E-state index contributed by atoms with van der Waals surface area (Å²) in [6.07, 6.45) is 5.56. The molecule has 1 amide bonds. The van der Waals surface area contributed by atoms with Crippen molar-refractivity contribution in [2.75, 3.05) is 0 Å². The molecule has 0 radical (unpaired) electrons. The molecule has 1 aromatic heterocycles. The Balaban J connectivity index is 1.92. The van der Waals surface area contributed by atoms with Gasteiger partial charge in [-0.25, -0.2) is 0 Å². The largest absolute Gasteiger partial charge is 0.349 e. The van der Waals surface area contributed by atoms with Crippen molar-refractivity contribution < 1.29 is 4.79 Å². The van der Waals surface area contributed by atoms with E-state index in [0.717, 1.165) is 12.1 Å². The van der Waals surface area contributed by atoms with Gasteiger partial charge in [-0.05, 0) is 26.2 Å². The minimum absolute atomic E-state index is 0.186. The molecule has 0 saturated heterocycles. The molecule has 88 valence electrons. The Kier molecular flexibility index (Phi) is 3.05. The van der Waals surface area contributed by atoms with E-state index in [4.69, 9.17) is 5.26 Å². The predicted octanol–water partition coefficient (Wildman–Crippen LogP) is 1.10. The number of hydrogen-bond acceptors (Lipinski definition) is 4. The van der Waals surface area contributed by atoms with Crippen LogP contribution in [0.3, 0.4) is 0 Å². The smallest absolute Gasteiger partial charge is 0.240 e. The van der Waals surface area contributed by atoms with Crippen LogP contribution in [0.2, 0.25) is 0 Å². The molecular formula is C12H14N4O. The van der Waals surface area contributed by atoms with Gasteiger partial charge in [-0.3, -0.25) is 14.8 Å². The third-order valence-corrected chi connectivity index (χ3v) is 3.12. The average molecular weight is 230 g/mol. The maximum Gasteiger partial charge on any atom is 0.240 e. The van der Waals surface area contributed by atoms with Gasteiger partial charge in [0.05, 0.1) is 30.2 Å². The molecule has 0 atom stereocenters. The lowest BCUT2D eigenvalue weighted by atomic mass is 9.69. The number of nitriles is 1. The van der Waals surface area contributed by atoms with E-state index in [2.05, 4.69) is 21.4 Å². The second kappa shape index (κ2) is 4.50. The first-order valence-electron chi connectivity index (χ1n) is 5.63. The summed E-state index contributed by atoms with van der Waals surface area (Å²) in [5, 5.41) is 11.7. The van der Waals surface area contributed by atoms with Gasteiger partial charge in [0.1, 0.15) is 5.41 Å². The highest BCUT2D eigenvalue weighted by atomic mass is 16.2. The van der Waals surface area contributed by atoms with Gasteiger partial charge in [-0.2, -0.15) is 5.26 Å². The summed E-state index contributed by atoms with van der Waals surface area (Å²) in [6, 6.07) is 2.11. The molecule has 1 fully saturated rings. The van der Waals surface area contributed by atoms with Gasteiger partial charge in [-0.1, -0.05) is 0 Å². The minimum Gasteiger partial charge on any atom is -0.349 e. The highest BCUT2D eigenvalue weighted by molar-refractivity contribution is 5.86. The van der Waals surface area contributed by atoms with Crippen molar-refractivity contribution in [3.63, 3.8) is 0 Å². The van der Waals surface area contributed by atoms with E-state index in [0.29, 0.717) is 25.1 Å².